The molecule has 0 amide bonds. The number of ether oxygens (including phenoxy) is 1. The molecule has 0 bridgehead atoms. The Labute approximate surface area is 95.0 Å². The highest BCUT2D eigenvalue weighted by Gasteiger charge is 2.19. The molecule has 2 N–H and O–H groups in total. The normalized spacial score (nSPS) is 14.6. The summed E-state index contributed by atoms with van der Waals surface area (Å²) < 4.78 is 18.9. The van der Waals surface area contributed by atoms with Crippen molar-refractivity contribution in [1.82, 2.24) is 9.97 Å². The second-order valence-electron chi connectivity index (χ2n) is 4.09. The van der Waals surface area contributed by atoms with Gasteiger partial charge in [-0.3, -0.25) is 0 Å². The molecule has 0 radical (unpaired) electrons. The molecule has 0 aliphatic carbocycles. The van der Waals surface area contributed by atoms with Crippen molar-refractivity contribution in [2.75, 3.05) is 6.61 Å². The number of halogens is 1. The number of hydrogen-bond donors (Lipinski definition) is 1. The maximum absolute atomic E-state index is 13.7. The van der Waals surface area contributed by atoms with Crippen molar-refractivity contribution in [3.8, 4) is 5.88 Å². The quantitative estimate of drug-likeness (QED) is 0.831. The number of nitrogens with zero attached hydrogens (tertiary/aromatic N) is 2. The second-order valence-corrected chi connectivity index (χ2v) is 4.09. The Kier molecular flexibility index (Phi) is 4.18. The molecule has 1 aromatic rings. The van der Waals surface area contributed by atoms with Crippen molar-refractivity contribution in [3.63, 3.8) is 0 Å². The van der Waals surface area contributed by atoms with Crippen molar-refractivity contribution < 1.29 is 9.13 Å². The van der Waals surface area contributed by atoms with Crippen LogP contribution in [-0.2, 0) is 6.42 Å². The van der Waals surface area contributed by atoms with Crippen LogP contribution in [0.1, 0.15) is 32.9 Å². The van der Waals surface area contributed by atoms with Gasteiger partial charge >= 0.3 is 0 Å². The SMILES string of the molecule is CCc1ncnc(OCC(C)(N)CC)c1F. The lowest BCUT2D eigenvalue weighted by Gasteiger charge is -2.22. The third-order valence-corrected chi connectivity index (χ3v) is 2.51. The van der Waals surface area contributed by atoms with E-state index < -0.39 is 11.4 Å². The molecule has 0 fully saturated rings. The largest absolute Gasteiger partial charge is 0.474 e. The maximum Gasteiger partial charge on any atom is 0.253 e. The van der Waals surface area contributed by atoms with Gasteiger partial charge in [-0.1, -0.05) is 13.8 Å². The zero-order chi connectivity index (χ0) is 12.2. The van der Waals surface area contributed by atoms with Crippen molar-refractivity contribution >= 4 is 0 Å². The summed E-state index contributed by atoms with van der Waals surface area (Å²) in [5, 5.41) is 0. The minimum absolute atomic E-state index is 0.0167. The molecule has 1 aromatic heterocycles. The Morgan fingerprint density at radius 3 is 2.69 bits per heavy atom. The fourth-order valence-electron chi connectivity index (χ4n) is 1.07. The van der Waals surface area contributed by atoms with Gasteiger partial charge < -0.3 is 10.5 Å². The second kappa shape index (κ2) is 5.21. The lowest BCUT2D eigenvalue weighted by molar-refractivity contribution is 0.209. The number of hydrogen-bond acceptors (Lipinski definition) is 4. The van der Waals surface area contributed by atoms with Gasteiger partial charge in [-0.05, 0) is 19.8 Å². The Morgan fingerprint density at radius 2 is 2.12 bits per heavy atom. The van der Waals surface area contributed by atoms with E-state index in [2.05, 4.69) is 9.97 Å². The van der Waals surface area contributed by atoms with E-state index in [1.165, 1.54) is 6.33 Å². The van der Waals surface area contributed by atoms with Crippen LogP contribution in [0.15, 0.2) is 6.33 Å². The van der Waals surface area contributed by atoms with Crippen molar-refractivity contribution in [1.29, 1.82) is 0 Å². The van der Waals surface area contributed by atoms with Crippen molar-refractivity contribution in [2.24, 2.45) is 5.73 Å². The van der Waals surface area contributed by atoms with Crippen LogP contribution in [0.2, 0.25) is 0 Å². The van der Waals surface area contributed by atoms with Gasteiger partial charge in [0.25, 0.3) is 5.88 Å². The highest BCUT2D eigenvalue weighted by molar-refractivity contribution is 5.17. The van der Waals surface area contributed by atoms with E-state index in [-0.39, 0.29) is 12.5 Å². The Hall–Kier alpha value is -1.23. The number of rotatable bonds is 5. The van der Waals surface area contributed by atoms with Crippen molar-refractivity contribution in [3.05, 3.63) is 17.8 Å². The third-order valence-electron chi connectivity index (χ3n) is 2.51. The van der Waals surface area contributed by atoms with E-state index >= 15 is 0 Å². The predicted octanol–water partition coefficient (Wildman–Crippen LogP) is 1.68. The molecular formula is C11H18FN3O. The lowest BCUT2D eigenvalue weighted by atomic mass is 10.0. The first-order valence-corrected chi connectivity index (χ1v) is 5.41. The minimum atomic E-state index is -0.489. The van der Waals surface area contributed by atoms with E-state index in [0.717, 1.165) is 6.42 Å². The van der Waals surface area contributed by atoms with Crippen LogP contribution in [0.25, 0.3) is 0 Å². The van der Waals surface area contributed by atoms with E-state index in [0.29, 0.717) is 12.1 Å². The fourth-order valence-corrected chi connectivity index (χ4v) is 1.07. The summed E-state index contributed by atoms with van der Waals surface area (Å²) in [4.78, 5) is 7.59. The Morgan fingerprint density at radius 1 is 1.44 bits per heavy atom. The summed E-state index contributed by atoms with van der Waals surface area (Å²) in [6.07, 6.45) is 2.57. The van der Waals surface area contributed by atoms with Gasteiger partial charge in [-0.15, -0.1) is 0 Å². The van der Waals surface area contributed by atoms with Crippen LogP contribution < -0.4 is 10.5 Å². The van der Waals surface area contributed by atoms with Gasteiger partial charge in [0.1, 0.15) is 12.9 Å². The zero-order valence-corrected chi connectivity index (χ0v) is 9.96. The molecule has 0 spiro atoms. The Bertz CT molecular complexity index is 355. The number of nitrogens with two attached hydrogens (primary N) is 1. The highest BCUT2D eigenvalue weighted by Crippen LogP contribution is 2.17. The summed E-state index contributed by atoms with van der Waals surface area (Å²) in [6, 6.07) is 0. The van der Waals surface area contributed by atoms with Crippen LogP contribution in [0.5, 0.6) is 5.88 Å². The first kappa shape index (κ1) is 12.8. The van der Waals surface area contributed by atoms with Gasteiger partial charge in [0.05, 0.1) is 5.69 Å². The molecule has 1 atom stereocenters. The van der Waals surface area contributed by atoms with E-state index in [1.807, 2.05) is 20.8 Å². The highest BCUT2D eigenvalue weighted by atomic mass is 19.1. The number of aryl methyl sites for hydroxylation is 1. The maximum atomic E-state index is 13.7. The summed E-state index contributed by atoms with van der Waals surface area (Å²) in [7, 11) is 0. The molecule has 16 heavy (non-hydrogen) atoms. The third kappa shape index (κ3) is 3.13. The molecular weight excluding hydrogens is 209 g/mol. The summed E-state index contributed by atoms with van der Waals surface area (Å²) in [6.45, 7) is 5.87. The lowest BCUT2D eigenvalue weighted by Crippen LogP contribution is -2.41. The zero-order valence-electron chi connectivity index (χ0n) is 9.96. The van der Waals surface area contributed by atoms with Crippen LogP contribution >= 0.6 is 0 Å². The topological polar surface area (TPSA) is 61.0 Å². The Balaban J connectivity index is 2.75. The molecule has 1 heterocycles. The monoisotopic (exact) mass is 227 g/mol. The molecule has 5 heteroatoms. The van der Waals surface area contributed by atoms with E-state index in [4.69, 9.17) is 10.5 Å². The van der Waals surface area contributed by atoms with Gasteiger partial charge in [0, 0.05) is 5.54 Å². The average molecular weight is 227 g/mol. The molecule has 0 aromatic carbocycles. The molecule has 0 aliphatic heterocycles. The minimum Gasteiger partial charge on any atom is -0.474 e. The molecule has 0 saturated heterocycles. The smallest absolute Gasteiger partial charge is 0.253 e. The molecule has 0 aliphatic rings. The van der Waals surface area contributed by atoms with Crippen LogP contribution in [0, 0.1) is 5.82 Å². The molecule has 90 valence electrons. The molecule has 0 saturated carbocycles. The van der Waals surface area contributed by atoms with Gasteiger partial charge in [-0.25, -0.2) is 4.98 Å². The van der Waals surface area contributed by atoms with Crippen molar-refractivity contribution in [2.45, 2.75) is 39.2 Å². The van der Waals surface area contributed by atoms with Crippen LogP contribution in [0.3, 0.4) is 0 Å². The first-order valence-electron chi connectivity index (χ1n) is 5.41. The fraction of sp³-hybridized carbons (Fsp3) is 0.636. The molecule has 1 rings (SSSR count). The summed E-state index contributed by atoms with van der Waals surface area (Å²) in [5.74, 6) is -0.506. The van der Waals surface area contributed by atoms with E-state index in [1.54, 1.807) is 0 Å². The number of aromatic nitrogens is 2. The van der Waals surface area contributed by atoms with Gasteiger partial charge in [-0.2, -0.15) is 9.37 Å². The van der Waals surface area contributed by atoms with Crippen LogP contribution in [0.4, 0.5) is 4.39 Å². The predicted molar refractivity (Wildman–Crippen MR) is 59.7 cm³/mol. The summed E-state index contributed by atoms with van der Waals surface area (Å²) >= 11 is 0. The van der Waals surface area contributed by atoms with Gasteiger partial charge in [0.2, 0.25) is 5.82 Å². The van der Waals surface area contributed by atoms with E-state index in [9.17, 15) is 4.39 Å². The molecule has 4 nitrogen and oxygen atoms in total. The standard InChI is InChI=1S/C11H18FN3O/c1-4-8-9(12)10(15-7-14-8)16-6-11(3,13)5-2/h7H,4-6,13H2,1-3H3. The summed E-state index contributed by atoms with van der Waals surface area (Å²) in [5.41, 5.74) is 5.79. The molecule has 1 unspecified atom stereocenters. The van der Waals surface area contributed by atoms with Gasteiger partial charge in [0.15, 0.2) is 0 Å². The van der Waals surface area contributed by atoms with Crippen LogP contribution in [-0.4, -0.2) is 22.1 Å². The average Bonchev–Trinajstić information content (AvgIpc) is 2.28. The first-order chi connectivity index (χ1) is 7.50.